The van der Waals surface area contributed by atoms with Crippen LogP contribution in [0.5, 0.6) is 0 Å². The van der Waals surface area contributed by atoms with Gasteiger partial charge in [-0.05, 0) is 67.7 Å². The standard InChI is InChI=1S/C17H24ClNO/c18-16-6-4-12(5-7-16)15-8-17(9-15)19-10-13-2-1-3-14(13)11-20/h4-7,13-15,17,19-20H,1-3,8-11H2. The normalized spacial score (nSPS) is 33.1. The van der Waals surface area contributed by atoms with Gasteiger partial charge in [-0.1, -0.05) is 30.2 Å². The summed E-state index contributed by atoms with van der Waals surface area (Å²) in [6.07, 6.45) is 6.25. The molecule has 2 fully saturated rings. The van der Waals surface area contributed by atoms with Gasteiger partial charge >= 0.3 is 0 Å². The highest BCUT2D eigenvalue weighted by molar-refractivity contribution is 6.30. The van der Waals surface area contributed by atoms with Gasteiger partial charge in [-0.15, -0.1) is 0 Å². The summed E-state index contributed by atoms with van der Waals surface area (Å²) in [5.41, 5.74) is 1.42. The summed E-state index contributed by atoms with van der Waals surface area (Å²) in [7, 11) is 0. The molecule has 1 aromatic rings. The van der Waals surface area contributed by atoms with Gasteiger partial charge in [-0.25, -0.2) is 0 Å². The molecule has 2 N–H and O–H groups in total. The molecule has 2 atom stereocenters. The number of hydrogen-bond acceptors (Lipinski definition) is 2. The molecule has 0 bridgehead atoms. The van der Waals surface area contributed by atoms with Crippen molar-refractivity contribution < 1.29 is 5.11 Å². The number of rotatable bonds is 5. The minimum atomic E-state index is 0.365. The van der Waals surface area contributed by atoms with Crippen LogP contribution in [0.1, 0.15) is 43.6 Å². The van der Waals surface area contributed by atoms with Gasteiger partial charge in [0.2, 0.25) is 0 Å². The lowest BCUT2D eigenvalue weighted by atomic mass is 9.75. The third kappa shape index (κ3) is 3.19. The van der Waals surface area contributed by atoms with Crippen LogP contribution in [0.4, 0.5) is 0 Å². The molecule has 0 spiro atoms. The van der Waals surface area contributed by atoms with E-state index in [1.165, 1.54) is 37.7 Å². The predicted octanol–water partition coefficient (Wildman–Crippen LogP) is 3.58. The first-order chi connectivity index (χ1) is 9.76. The van der Waals surface area contributed by atoms with Gasteiger partial charge in [-0.2, -0.15) is 0 Å². The van der Waals surface area contributed by atoms with Gasteiger partial charge in [0.05, 0.1) is 0 Å². The maximum atomic E-state index is 9.35. The molecule has 3 rings (SSSR count). The van der Waals surface area contributed by atoms with Crippen LogP contribution in [0.3, 0.4) is 0 Å². The second-order valence-corrected chi connectivity index (χ2v) is 6.90. The molecule has 3 heteroatoms. The molecule has 110 valence electrons. The molecule has 0 aliphatic heterocycles. The van der Waals surface area contributed by atoms with Crippen molar-refractivity contribution in [1.82, 2.24) is 5.32 Å². The summed E-state index contributed by atoms with van der Waals surface area (Å²) in [4.78, 5) is 0. The second-order valence-electron chi connectivity index (χ2n) is 6.46. The highest BCUT2D eigenvalue weighted by atomic mass is 35.5. The fourth-order valence-electron chi connectivity index (χ4n) is 3.73. The fraction of sp³-hybridized carbons (Fsp3) is 0.647. The maximum absolute atomic E-state index is 9.35. The lowest BCUT2D eigenvalue weighted by Crippen LogP contribution is -2.42. The van der Waals surface area contributed by atoms with Crippen molar-refractivity contribution in [3.63, 3.8) is 0 Å². The van der Waals surface area contributed by atoms with E-state index >= 15 is 0 Å². The Kier molecular flexibility index (Phi) is 4.65. The highest BCUT2D eigenvalue weighted by Gasteiger charge is 2.32. The van der Waals surface area contributed by atoms with Gasteiger partial charge in [0, 0.05) is 17.7 Å². The van der Waals surface area contributed by atoms with Crippen LogP contribution < -0.4 is 5.32 Å². The Morgan fingerprint density at radius 3 is 2.50 bits per heavy atom. The molecular weight excluding hydrogens is 270 g/mol. The average Bonchev–Trinajstić information content (AvgIpc) is 2.86. The Balaban J connectivity index is 1.41. The Morgan fingerprint density at radius 2 is 1.80 bits per heavy atom. The minimum Gasteiger partial charge on any atom is -0.396 e. The lowest BCUT2D eigenvalue weighted by Gasteiger charge is -2.37. The van der Waals surface area contributed by atoms with Crippen molar-refractivity contribution in [2.75, 3.05) is 13.2 Å². The quantitative estimate of drug-likeness (QED) is 0.870. The van der Waals surface area contributed by atoms with Crippen LogP contribution in [0, 0.1) is 11.8 Å². The van der Waals surface area contributed by atoms with E-state index in [0.29, 0.717) is 30.4 Å². The predicted molar refractivity (Wildman–Crippen MR) is 83.1 cm³/mol. The largest absolute Gasteiger partial charge is 0.396 e. The monoisotopic (exact) mass is 293 g/mol. The molecule has 2 nitrogen and oxygen atoms in total. The summed E-state index contributed by atoms with van der Waals surface area (Å²) >= 11 is 5.92. The first kappa shape index (κ1) is 14.4. The average molecular weight is 294 g/mol. The summed E-state index contributed by atoms with van der Waals surface area (Å²) in [5, 5.41) is 13.9. The van der Waals surface area contributed by atoms with Crippen LogP contribution in [0.2, 0.25) is 5.02 Å². The molecule has 0 radical (unpaired) electrons. The van der Waals surface area contributed by atoms with Gasteiger partial charge in [0.1, 0.15) is 0 Å². The molecule has 0 aromatic heterocycles. The van der Waals surface area contributed by atoms with Crippen molar-refractivity contribution in [3.05, 3.63) is 34.9 Å². The molecule has 0 heterocycles. The van der Waals surface area contributed by atoms with Crippen molar-refractivity contribution in [2.45, 2.75) is 44.1 Å². The van der Waals surface area contributed by atoms with E-state index in [4.69, 9.17) is 11.6 Å². The van der Waals surface area contributed by atoms with Crippen LogP contribution in [0.25, 0.3) is 0 Å². The zero-order valence-electron chi connectivity index (χ0n) is 11.9. The van der Waals surface area contributed by atoms with Crippen molar-refractivity contribution in [1.29, 1.82) is 0 Å². The van der Waals surface area contributed by atoms with Crippen LogP contribution in [-0.2, 0) is 0 Å². The topological polar surface area (TPSA) is 32.3 Å². The van der Waals surface area contributed by atoms with Crippen LogP contribution >= 0.6 is 11.6 Å². The van der Waals surface area contributed by atoms with Crippen molar-refractivity contribution in [3.8, 4) is 0 Å². The molecule has 0 amide bonds. The summed E-state index contributed by atoms with van der Waals surface area (Å²) in [6.45, 7) is 1.45. The first-order valence-corrected chi connectivity index (χ1v) is 8.23. The smallest absolute Gasteiger partial charge is 0.0462 e. The number of hydrogen-bond donors (Lipinski definition) is 2. The van der Waals surface area contributed by atoms with E-state index < -0.39 is 0 Å². The second kappa shape index (κ2) is 6.46. The molecule has 2 unspecified atom stereocenters. The van der Waals surface area contributed by atoms with E-state index in [1.807, 2.05) is 12.1 Å². The first-order valence-electron chi connectivity index (χ1n) is 7.86. The molecule has 1 aromatic carbocycles. The van der Waals surface area contributed by atoms with Gasteiger partial charge in [-0.3, -0.25) is 0 Å². The Bertz CT molecular complexity index is 427. The minimum absolute atomic E-state index is 0.365. The SMILES string of the molecule is OCC1CCCC1CNC1CC(c2ccc(Cl)cc2)C1. The number of aliphatic hydroxyl groups excluding tert-OH is 1. The molecule has 2 aliphatic rings. The summed E-state index contributed by atoms with van der Waals surface area (Å²) in [5.74, 6) is 1.92. The number of aliphatic hydroxyl groups is 1. The third-order valence-corrected chi connectivity index (χ3v) is 5.45. The van der Waals surface area contributed by atoms with E-state index in [0.717, 1.165) is 11.6 Å². The van der Waals surface area contributed by atoms with Crippen molar-refractivity contribution in [2.24, 2.45) is 11.8 Å². The van der Waals surface area contributed by atoms with Gasteiger partial charge < -0.3 is 10.4 Å². The maximum Gasteiger partial charge on any atom is 0.0462 e. The Hall–Kier alpha value is -0.570. The van der Waals surface area contributed by atoms with E-state index in [1.54, 1.807) is 0 Å². The number of halogens is 1. The zero-order valence-corrected chi connectivity index (χ0v) is 12.6. The third-order valence-electron chi connectivity index (χ3n) is 5.20. The van der Waals surface area contributed by atoms with E-state index in [-0.39, 0.29) is 0 Å². The van der Waals surface area contributed by atoms with Gasteiger partial charge in [0.15, 0.2) is 0 Å². The summed E-state index contributed by atoms with van der Waals surface area (Å²) < 4.78 is 0. The van der Waals surface area contributed by atoms with Crippen molar-refractivity contribution >= 4 is 11.6 Å². The van der Waals surface area contributed by atoms with Gasteiger partial charge in [0.25, 0.3) is 0 Å². The molecule has 0 saturated heterocycles. The summed E-state index contributed by atoms with van der Waals surface area (Å²) in [6, 6.07) is 8.95. The Morgan fingerprint density at radius 1 is 1.10 bits per heavy atom. The lowest BCUT2D eigenvalue weighted by molar-refractivity contribution is 0.182. The number of nitrogens with one attached hydrogen (secondary N) is 1. The molecule has 20 heavy (non-hydrogen) atoms. The highest BCUT2D eigenvalue weighted by Crippen LogP contribution is 2.38. The molecular formula is C17H24ClNO. The molecule has 2 aliphatic carbocycles. The zero-order chi connectivity index (χ0) is 13.9. The van der Waals surface area contributed by atoms with E-state index in [9.17, 15) is 5.11 Å². The van der Waals surface area contributed by atoms with E-state index in [2.05, 4.69) is 17.4 Å². The fourth-order valence-corrected chi connectivity index (χ4v) is 3.86. The number of benzene rings is 1. The Labute approximate surface area is 126 Å². The van der Waals surface area contributed by atoms with Crippen LogP contribution in [0.15, 0.2) is 24.3 Å². The van der Waals surface area contributed by atoms with Crippen LogP contribution in [-0.4, -0.2) is 24.3 Å². The molecule has 2 saturated carbocycles.